The highest BCUT2D eigenvalue weighted by molar-refractivity contribution is 5.76. The SMILES string of the molecule is CCCCCCCCCC/C=C\CCCCCCCCCCCCCCCCCCCCCCCCCCCC(=O)NC(COC1OC(CO)C(O)C(O)C1O)C(O)CCCCCCCCCCCCCCCCCCCCCCCCCCCCCCC. The van der Waals surface area contributed by atoms with Gasteiger partial charge in [0.15, 0.2) is 6.29 Å². The van der Waals surface area contributed by atoms with Crippen molar-refractivity contribution in [3.05, 3.63) is 12.2 Å². The molecular weight excluding hydrogens is 1100 g/mol. The number of unbranched alkanes of at least 4 members (excludes halogenated alkanes) is 61. The zero-order valence-corrected chi connectivity index (χ0v) is 59.7. The summed E-state index contributed by atoms with van der Waals surface area (Å²) in [4.78, 5) is 13.2. The summed E-state index contributed by atoms with van der Waals surface area (Å²) in [6.07, 6.45) is 84.7. The fourth-order valence-corrected chi connectivity index (χ4v) is 13.6. The Bertz CT molecular complexity index is 1410. The molecule has 1 fully saturated rings. The van der Waals surface area contributed by atoms with Gasteiger partial charge in [-0.25, -0.2) is 0 Å². The topological polar surface area (TPSA) is 149 Å². The minimum Gasteiger partial charge on any atom is -0.394 e. The van der Waals surface area contributed by atoms with Crippen LogP contribution < -0.4 is 5.32 Å². The highest BCUT2D eigenvalue weighted by Crippen LogP contribution is 2.24. The standard InChI is InChI=1S/C80H157NO8/c1-3-5-7-9-11-13-15-17-19-21-23-25-27-29-31-33-34-35-36-37-38-39-40-42-44-46-48-50-52-54-56-58-60-62-64-66-68-70-76(84)81-73(72-88-80-79(87)78(86)77(85)75(71-82)89-80)74(83)69-67-65-63-61-59-57-55-53-51-49-47-45-43-41-32-30-28-26-24-22-20-18-16-14-12-10-8-6-4-2/h21,23,73-75,77-80,82-83,85-87H,3-20,22,24-72H2,1-2H3,(H,81,84)/b23-21-. The molecule has 0 radical (unpaired) electrons. The minimum atomic E-state index is -1.55. The van der Waals surface area contributed by atoms with Crippen molar-refractivity contribution in [3.63, 3.8) is 0 Å². The Labute approximate surface area is 554 Å². The number of allylic oxidation sites excluding steroid dienone is 2. The number of carbonyl (C=O) groups excluding carboxylic acids is 1. The maximum absolute atomic E-state index is 13.2. The molecule has 89 heavy (non-hydrogen) atoms. The summed E-state index contributed by atoms with van der Waals surface area (Å²) >= 11 is 0. The van der Waals surface area contributed by atoms with Crippen LogP contribution in [0.3, 0.4) is 0 Å². The van der Waals surface area contributed by atoms with Crippen LogP contribution in [0, 0.1) is 0 Å². The lowest BCUT2D eigenvalue weighted by Gasteiger charge is -2.40. The van der Waals surface area contributed by atoms with Crippen LogP contribution in [0.5, 0.6) is 0 Å². The smallest absolute Gasteiger partial charge is 0.220 e. The second-order valence-electron chi connectivity index (χ2n) is 28.6. The summed E-state index contributed by atoms with van der Waals surface area (Å²) in [6.45, 7) is 3.91. The third-order valence-corrected chi connectivity index (χ3v) is 19.9. The molecule has 1 amide bonds. The monoisotopic (exact) mass is 1260 g/mol. The Morgan fingerprint density at radius 2 is 0.629 bits per heavy atom. The molecule has 0 saturated carbocycles. The first-order valence-corrected chi connectivity index (χ1v) is 40.4. The summed E-state index contributed by atoms with van der Waals surface area (Å²) in [5, 5.41) is 55.1. The van der Waals surface area contributed by atoms with Crippen molar-refractivity contribution in [2.45, 2.75) is 480 Å². The van der Waals surface area contributed by atoms with Gasteiger partial charge in [-0.15, -0.1) is 0 Å². The van der Waals surface area contributed by atoms with Crippen molar-refractivity contribution in [2.24, 2.45) is 0 Å². The maximum Gasteiger partial charge on any atom is 0.220 e. The zero-order valence-electron chi connectivity index (χ0n) is 59.7. The Hall–Kier alpha value is -1.07. The number of nitrogens with one attached hydrogen (secondary N) is 1. The number of amides is 1. The third kappa shape index (κ3) is 58.1. The van der Waals surface area contributed by atoms with E-state index in [9.17, 15) is 30.3 Å². The van der Waals surface area contributed by atoms with Gasteiger partial charge >= 0.3 is 0 Å². The van der Waals surface area contributed by atoms with E-state index in [1.54, 1.807) is 0 Å². The lowest BCUT2D eigenvalue weighted by molar-refractivity contribution is -0.302. The average molecular weight is 1260 g/mol. The van der Waals surface area contributed by atoms with Crippen LogP contribution in [0.1, 0.15) is 438 Å². The summed E-state index contributed by atoms with van der Waals surface area (Å²) in [5.74, 6) is -0.132. The molecule has 9 nitrogen and oxygen atoms in total. The van der Waals surface area contributed by atoms with E-state index >= 15 is 0 Å². The number of rotatable bonds is 73. The number of hydrogen-bond acceptors (Lipinski definition) is 8. The molecule has 0 aliphatic carbocycles. The fraction of sp³-hybridized carbons (Fsp3) is 0.963. The summed E-state index contributed by atoms with van der Waals surface area (Å²) < 4.78 is 11.4. The molecule has 1 rings (SSSR count). The lowest BCUT2D eigenvalue weighted by atomic mass is 9.99. The van der Waals surface area contributed by atoms with E-state index in [1.165, 1.54) is 372 Å². The summed E-state index contributed by atoms with van der Waals surface area (Å²) in [6, 6.07) is -0.717. The maximum atomic E-state index is 13.2. The molecule has 6 N–H and O–H groups in total. The second-order valence-corrected chi connectivity index (χ2v) is 28.6. The van der Waals surface area contributed by atoms with Crippen LogP contribution in [0.4, 0.5) is 0 Å². The van der Waals surface area contributed by atoms with Crippen molar-refractivity contribution < 1.29 is 39.8 Å². The zero-order chi connectivity index (χ0) is 64.2. The van der Waals surface area contributed by atoms with E-state index in [4.69, 9.17) is 9.47 Å². The van der Waals surface area contributed by atoms with Gasteiger partial charge in [0, 0.05) is 6.42 Å². The van der Waals surface area contributed by atoms with Gasteiger partial charge in [0.05, 0.1) is 25.4 Å². The molecule has 0 aromatic rings. The van der Waals surface area contributed by atoms with Gasteiger partial charge in [0.1, 0.15) is 24.4 Å². The largest absolute Gasteiger partial charge is 0.394 e. The van der Waals surface area contributed by atoms with Crippen molar-refractivity contribution in [2.75, 3.05) is 13.2 Å². The van der Waals surface area contributed by atoms with Gasteiger partial charge in [-0.2, -0.15) is 0 Å². The van der Waals surface area contributed by atoms with E-state index in [-0.39, 0.29) is 12.5 Å². The highest BCUT2D eigenvalue weighted by Gasteiger charge is 2.44. The van der Waals surface area contributed by atoms with Crippen LogP contribution in [-0.2, 0) is 14.3 Å². The van der Waals surface area contributed by atoms with Crippen LogP contribution in [0.2, 0.25) is 0 Å². The van der Waals surface area contributed by atoms with Crippen molar-refractivity contribution >= 4 is 5.91 Å². The third-order valence-electron chi connectivity index (χ3n) is 19.9. The molecule has 0 aromatic heterocycles. The minimum absolute atomic E-state index is 0.131. The molecule has 1 heterocycles. The molecule has 1 saturated heterocycles. The first-order chi connectivity index (χ1) is 43.8. The van der Waals surface area contributed by atoms with Gasteiger partial charge in [-0.3, -0.25) is 4.79 Å². The first kappa shape index (κ1) is 85.9. The average Bonchev–Trinajstić information content (AvgIpc) is 2.28. The van der Waals surface area contributed by atoms with Gasteiger partial charge < -0.3 is 40.3 Å². The Morgan fingerprint density at radius 3 is 0.910 bits per heavy atom. The number of hydrogen-bond donors (Lipinski definition) is 6. The molecule has 0 spiro atoms. The molecule has 0 bridgehead atoms. The number of aliphatic hydroxyl groups excluding tert-OH is 5. The van der Waals surface area contributed by atoms with Crippen LogP contribution in [0.15, 0.2) is 12.2 Å². The van der Waals surface area contributed by atoms with Crippen LogP contribution in [-0.4, -0.2) is 87.5 Å². The van der Waals surface area contributed by atoms with Crippen molar-refractivity contribution in [1.82, 2.24) is 5.32 Å². The molecule has 9 heteroatoms. The predicted molar refractivity (Wildman–Crippen MR) is 383 cm³/mol. The Morgan fingerprint density at radius 1 is 0.371 bits per heavy atom. The van der Waals surface area contributed by atoms with E-state index in [0.717, 1.165) is 38.5 Å². The van der Waals surface area contributed by atoms with Gasteiger partial charge in [-0.1, -0.05) is 405 Å². The molecule has 1 aliphatic rings. The van der Waals surface area contributed by atoms with E-state index in [2.05, 4.69) is 31.3 Å². The van der Waals surface area contributed by atoms with Gasteiger partial charge in [0.2, 0.25) is 5.91 Å². The fourth-order valence-electron chi connectivity index (χ4n) is 13.6. The first-order valence-electron chi connectivity index (χ1n) is 40.4. The molecule has 7 unspecified atom stereocenters. The number of ether oxygens (including phenoxy) is 2. The summed E-state index contributed by atoms with van der Waals surface area (Å²) in [5.41, 5.74) is 0. The molecule has 1 aliphatic heterocycles. The van der Waals surface area contributed by atoms with Gasteiger partial charge in [-0.05, 0) is 38.5 Å². The second kappa shape index (κ2) is 69.8. The van der Waals surface area contributed by atoms with Crippen molar-refractivity contribution in [3.8, 4) is 0 Å². The van der Waals surface area contributed by atoms with Crippen molar-refractivity contribution in [1.29, 1.82) is 0 Å². The Kier molecular flexibility index (Phi) is 67.4. The normalized spacial score (nSPS) is 17.8. The van der Waals surface area contributed by atoms with Gasteiger partial charge in [0.25, 0.3) is 0 Å². The molecule has 7 atom stereocenters. The van der Waals surface area contributed by atoms with E-state index < -0.39 is 49.5 Å². The van der Waals surface area contributed by atoms with Crippen LogP contribution >= 0.6 is 0 Å². The summed E-state index contributed by atoms with van der Waals surface area (Å²) in [7, 11) is 0. The highest BCUT2D eigenvalue weighted by atomic mass is 16.7. The molecular formula is C80H157NO8. The Balaban J connectivity index is 2.03. The quantitative estimate of drug-likeness (QED) is 0.0261. The van der Waals surface area contributed by atoms with E-state index in [1.807, 2.05) is 0 Å². The van der Waals surface area contributed by atoms with Crippen LogP contribution in [0.25, 0.3) is 0 Å². The molecule has 0 aromatic carbocycles. The van der Waals surface area contributed by atoms with E-state index in [0.29, 0.717) is 12.8 Å². The number of aliphatic hydroxyl groups is 5. The molecule has 530 valence electrons. The number of carbonyl (C=O) groups is 1. The lowest BCUT2D eigenvalue weighted by Crippen LogP contribution is -2.60. The predicted octanol–water partition coefficient (Wildman–Crippen LogP) is 23.0.